The van der Waals surface area contributed by atoms with Crippen LogP contribution < -0.4 is 15.0 Å². The molecule has 2 unspecified atom stereocenters. The molecule has 1 amide bonds. The first-order chi connectivity index (χ1) is 20.9. The number of rotatable bonds is 7. The first-order valence-corrected chi connectivity index (χ1v) is 14.0. The molecule has 3 aliphatic rings. The molecule has 0 saturated carbocycles. The number of nitriles is 1. The van der Waals surface area contributed by atoms with Crippen LogP contribution in [0, 0.1) is 17.1 Å². The lowest BCUT2D eigenvalue weighted by Crippen LogP contribution is -2.56. The van der Waals surface area contributed by atoms with Gasteiger partial charge in [0.1, 0.15) is 18.5 Å². The fourth-order valence-corrected chi connectivity index (χ4v) is 5.43. The highest BCUT2D eigenvalue weighted by Crippen LogP contribution is 2.32. The summed E-state index contributed by atoms with van der Waals surface area (Å²) in [4.78, 5) is 29.6. The number of anilines is 3. The van der Waals surface area contributed by atoms with Gasteiger partial charge in [-0.2, -0.15) is 10.2 Å². The average Bonchev–Trinajstić information content (AvgIpc) is 2.99. The quantitative estimate of drug-likeness (QED) is 0.418. The number of nitrogens with zero attached hydrogens (tertiary/aromatic N) is 7. The second kappa shape index (κ2) is 12.3. The Morgan fingerprint density at radius 2 is 1.88 bits per heavy atom. The van der Waals surface area contributed by atoms with Crippen molar-refractivity contribution in [3.05, 3.63) is 54.1 Å². The Morgan fingerprint density at radius 1 is 1.12 bits per heavy atom. The first kappa shape index (κ1) is 28.5. The maximum absolute atomic E-state index is 15.2. The summed E-state index contributed by atoms with van der Waals surface area (Å²) in [6, 6.07) is 12.9. The molecule has 1 aromatic heterocycles. The Morgan fingerprint density at radius 3 is 2.53 bits per heavy atom. The predicted octanol–water partition coefficient (Wildman–Crippen LogP) is 3.28. The van der Waals surface area contributed by atoms with Crippen LogP contribution in [0.5, 0.6) is 5.75 Å². The second-order valence-corrected chi connectivity index (χ2v) is 10.7. The standard InChI is InChI=1S/C29H30F2N8O4/c30-23-12-18(11-19(13-32)26(23)43-25-5-6-39(29(40)41)14-24(25)31)27-33-17-34-28(36-27)35-20-1-3-21(4-2-20)37-7-9-38(10-8-37)22-15-42-16-22/h1-4,11-12,17,22,24-25H,5-10,14-16H2,(H,40,41)(H,33,34,35,36). The Balaban J connectivity index is 1.11. The molecular weight excluding hydrogens is 562 g/mol. The minimum absolute atomic E-state index is 0.0237. The van der Waals surface area contributed by atoms with Gasteiger partial charge < -0.3 is 29.7 Å². The number of carboxylic acid groups (broad SMARTS) is 1. The molecule has 14 heteroatoms. The number of nitrogens with one attached hydrogen (secondary N) is 1. The number of likely N-dealkylation sites (tertiary alicyclic amines) is 1. The zero-order valence-electron chi connectivity index (χ0n) is 23.2. The van der Waals surface area contributed by atoms with Crippen molar-refractivity contribution in [3.8, 4) is 23.2 Å². The van der Waals surface area contributed by atoms with E-state index < -0.39 is 36.5 Å². The van der Waals surface area contributed by atoms with Crippen LogP contribution in [-0.4, -0.2) is 107 Å². The monoisotopic (exact) mass is 592 g/mol. The van der Waals surface area contributed by atoms with Crippen LogP contribution >= 0.6 is 0 Å². The Labute approximate surface area is 246 Å². The van der Waals surface area contributed by atoms with Crippen molar-refractivity contribution in [2.24, 2.45) is 0 Å². The number of piperidine rings is 1. The largest absolute Gasteiger partial charge is 0.483 e. The van der Waals surface area contributed by atoms with Crippen molar-refractivity contribution in [1.29, 1.82) is 5.26 Å². The number of piperazine rings is 1. The average molecular weight is 593 g/mol. The molecule has 4 heterocycles. The lowest BCUT2D eigenvalue weighted by molar-refractivity contribution is -0.0660. The number of aromatic nitrogens is 3. The van der Waals surface area contributed by atoms with Gasteiger partial charge in [0.05, 0.1) is 31.4 Å². The minimum Gasteiger partial charge on any atom is -0.483 e. The van der Waals surface area contributed by atoms with Gasteiger partial charge in [-0.25, -0.2) is 23.5 Å². The molecule has 0 radical (unpaired) electrons. The van der Waals surface area contributed by atoms with E-state index in [9.17, 15) is 14.4 Å². The van der Waals surface area contributed by atoms with E-state index in [1.54, 1.807) is 0 Å². The Kier molecular flexibility index (Phi) is 8.17. The number of amides is 1. The van der Waals surface area contributed by atoms with E-state index in [4.69, 9.17) is 14.6 Å². The fourth-order valence-electron chi connectivity index (χ4n) is 5.43. The van der Waals surface area contributed by atoms with E-state index in [2.05, 4.69) is 30.1 Å². The smallest absolute Gasteiger partial charge is 0.407 e. The van der Waals surface area contributed by atoms with Gasteiger partial charge in [-0.1, -0.05) is 0 Å². The van der Waals surface area contributed by atoms with Crippen LogP contribution in [-0.2, 0) is 4.74 Å². The van der Waals surface area contributed by atoms with Crippen molar-refractivity contribution in [1.82, 2.24) is 24.8 Å². The van der Waals surface area contributed by atoms with Gasteiger partial charge in [-0.15, -0.1) is 0 Å². The molecular formula is C29H30F2N8O4. The van der Waals surface area contributed by atoms with Crippen LogP contribution in [0.2, 0.25) is 0 Å². The lowest BCUT2D eigenvalue weighted by Gasteiger charge is -2.43. The second-order valence-electron chi connectivity index (χ2n) is 10.7. The van der Waals surface area contributed by atoms with E-state index in [0.717, 1.165) is 61.7 Å². The highest BCUT2D eigenvalue weighted by atomic mass is 19.1. The van der Waals surface area contributed by atoms with Gasteiger partial charge in [-0.3, -0.25) is 4.90 Å². The Bertz CT molecular complexity index is 1510. The molecule has 224 valence electrons. The number of halogens is 2. The van der Waals surface area contributed by atoms with Crippen LogP contribution in [0.3, 0.4) is 0 Å². The summed E-state index contributed by atoms with van der Waals surface area (Å²) in [6.07, 6.45) is -2.68. The summed E-state index contributed by atoms with van der Waals surface area (Å²) in [6.45, 7) is 5.21. The number of hydrogen-bond acceptors (Lipinski definition) is 10. The maximum Gasteiger partial charge on any atom is 0.407 e. The molecule has 2 aromatic carbocycles. The van der Waals surface area contributed by atoms with Crippen molar-refractivity contribution in [2.75, 3.05) is 62.7 Å². The summed E-state index contributed by atoms with van der Waals surface area (Å²) < 4.78 is 40.6. The van der Waals surface area contributed by atoms with Gasteiger partial charge in [0.2, 0.25) is 5.95 Å². The van der Waals surface area contributed by atoms with Gasteiger partial charge >= 0.3 is 6.09 Å². The molecule has 3 aromatic rings. The third kappa shape index (κ3) is 6.27. The number of benzene rings is 2. The van der Waals surface area contributed by atoms with Gasteiger partial charge in [0, 0.05) is 56.1 Å². The Hall–Kier alpha value is -4.61. The lowest BCUT2D eigenvalue weighted by atomic mass is 10.1. The molecule has 6 rings (SSSR count). The van der Waals surface area contributed by atoms with Crippen molar-refractivity contribution in [3.63, 3.8) is 0 Å². The molecule has 3 saturated heterocycles. The summed E-state index contributed by atoms with van der Waals surface area (Å²) in [5.74, 6) is -0.911. The molecule has 0 spiro atoms. The number of hydrogen-bond donors (Lipinski definition) is 2. The number of alkyl halides is 1. The van der Waals surface area contributed by atoms with E-state index in [0.29, 0.717) is 6.04 Å². The van der Waals surface area contributed by atoms with Gasteiger partial charge in [0.25, 0.3) is 0 Å². The molecule has 3 aliphatic heterocycles. The van der Waals surface area contributed by atoms with Crippen molar-refractivity contribution < 1.29 is 28.2 Å². The third-order valence-electron chi connectivity index (χ3n) is 7.96. The topological polar surface area (TPSA) is 140 Å². The molecule has 2 N–H and O–H groups in total. The van der Waals surface area contributed by atoms with Crippen LogP contribution in [0.4, 0.5) is 30.9 Å². The highest BCUT2D eigenvalue weighted by molar-refractivity contribution is 5.66. The maximum atomic E-state index is 15.2. The van der Waals surface area contributed by atoms with Gasteiger partial charge in [0.15, 0.2) is 23.6 Å². The third-order valence-corrected chi connectivity index (χ3v) is 7.96. The number of ether oxygens (including phenoxy) is 2. The van der Waals surface area contributed by atoms with Crippen molar-refractivity contribution in [2.45, 2.75) is 24.7 Å². The summed E-state index contributed by atoms with van der Waals surface area (Å²) in [7, 11) is 0. The molecule has 12 nitrogen and oxygen atoms in total. The molecule has 2 atom stereocenters. The zero-order valence-corrected chi connectivity index (χ0v) is 23.2. The van der Waals surface area contributed by atoms with E-state index in [1.807, 2.05) is 30.3 Å². The number of carbonyl (C=O) groups is 1. The first-order valence-electron chi connectivity index (χ1n) is 14.0. The SMILES string of the molecule is N#Cc1cc(-c2ncnc(Nc3ccc(N4CCN(C5COC5)CC4)cc3)n2)cc(F)c1OC1CCN(C(=O)O)CC1F. The van der Waals surface area contributed by atoms with E-state index >= 15 is 4.39 Å². The normalized spacial score (nSPS) is 21.1. The zero-order chi connectivity index (χ0) is 29.9. The summed E-state index contributed by atoms with van der Waals surface area (Å²) >= 11 is 0. The van der Waals surface area contributed by atoms with E-state index in [1.165, 1.54) is 12.4 Å². The molecule has 43 heavy (non-hydrogen) atoms. The summed E-state index contributed by atoms with van der Waals surface area (Å²) in [5, 5.41) is 21.9. The van der Waals surface area contributed by atoms with E-state index in [-0.39, 0.29) is 35.9 Å². The fraction of sp³-hybridized carbons (Fsp3) is 0.414. The van der Waals surface area contributed by atoms with Crippen LogP contribution in [0.1, 0.15) is 12.0 Å². The summed E-state index contributed by atoms with van der Waals surface area (Å²) in [5.41, 5.74) is 1.94. The molecule has 0 bridgehead atoms. The van der Waals surface area contributed by atoms with Crippen LogP contribution in [0.25, 0.3) is 11.4 Å². The minimum atomic E-state index is -1.67. The van der Waals surface area contributed by atoms with Gasteiger partial charge in [-0.05, 0) is 36.4 Å². The predicted molar refractivity (Wildman–Crippen MR) is 152 cm³/mol. The van der Waals surface area contributed by atoms with Crippen LogP contribution in [0.15, 0.2) is 42.7 Å². The molecule has 0 aliphatic carbocycles. The molecule has 3 fully saturated rings. The highest BCUT2D eigenvalue weighted by Gasteiger charge is 2.34. The van der Waals surface area contributed by atoms with Crippen molar-refractivity contribution >= 4 is 23.4 Å².